The van der Waals surface area contributed by atoms with Gasteiger partial charge in [0.15, 0.2) is 0 Å². The molecule has 5 nitrogen and oxygen atoms in total. The molecule has 1 saturated carbocycles. The molecule has 0 aromatic rings. The molecule has 2 rings (SSSR count). The van der Waals surface area contributed by atoms with Gasteiger partial charge < -0.3 is 20.1 Å². The summed E-state index contributed by atoms with van der Waals surface area (Å²) < 4.78 is 5.30. The van der Waals surface area contributed by atoms with E-state index in [1.54, 1.807) is 4.90 Å². The van der Waals surface area contributed by atoms with Gasteiger partial charge in [0.05, 0.1) is 6.10 Å². The number of rotatable bonds is 3. The molecule has 19 heavy (non-hydrogen) atoms. The molecule has 2 fully saturated rings. The number of carbonyl (C=O) groups is 1. The maximum absolute atomic E-state index is 11.7. The van der Waals surface area contributed by atoms with Crippen LogP contribution in [0, 0.1) is 5.92 Å². The third kappa shape index (κ3) is 4.08. The van der Waals surface area contributed by atoms with Crippen LogP contribution in [0.4, 0.5) is 4.79 Å². The summed E-state index contributed by atoms with van der Waals surface area (Å²) in [5.41, 5.74) is -0.427. The highest BCUT2D eigenvalue weighted by Crippen LogP contribution is 2.25. The predicted molar refractivity (Wildman–Crippen MR) is 72.9 cm³/mol. The minimum atomic E-state index is -0.427. The first-order valence-electron chi connectivity index (χ1n) is 7.24. The fourth-order valence-corrected chi connectivity index (χ4v) is 2.66. The number of hydrogen-bond acceptors (Lipinski definition) is 4. The topological polar surface area (TPSA) is 61.8 Å². The van der Waals surface area contributed by atoms with Crippen molar-refractivity contribution in [1.29, 1.82) is 0 Å². The van der Waals surface area contributed by atoms with E-state index in [1.165, 1.54) is 0 Å². The Morgan fingerprint density at radius 3 is 2.58 bits per heavy atom. The maximum atomic E-state index is 11.7. The Bertz CT molecular complexity index is 321. The van der Waals surface area contributed by atoms with E-state index in [9.17, 15) is 9.90 Å². The maximum Gasteiger partial charge on any atom is 0.410 e. The fourth-order valence-electron chi connectivity index (χ4n) is 2.66. The van der Waals surface area contributed by atoms with Crippen LogP contribution in [0.25, 0.3) is 0 Å². The van der Waals surface area contributed by atoms with Crippen LogP contribution in [0.3, 0.4) is 0 Å². The Morgan fingerprint density at radius 2 is 2.05 bits per heavy atom. The van der Waals surface area contributed by atoms with Crippen LogP contribution in [0.15, 0.2) is 0 Å². The van der Waals surface area contributed by atoms with Crippen molar-refractivity contribution in [1.82, 2.24) is 10.2 Å². The summed E-state index contributed by atoms with van der Waals surface area (Å²) in [6.07, 6.45) is 2.79. The number of ether oxygens (including phenoxy) is 1. The average molecular weight is 270 g/mol. The second-order valence-corrected chi connectivity index (χ2v) is 6.75. The van der Waals surface area contributed by atoms with E-state index < -0.39 is 5.60 Å². The van der Waals surface area contributed by atoms with Gasteiger partial charge in [0, 0.05) is 25.7 Å². The first-order valence-corrected chi connectivity index (χ1v) is 7.24. The molecule has 5 heteroatoms. The third-order valence-electron chi connectivity index (χ3n) is 3.82. The van der Waals surface area contributed by atoms with E-state index in [0.29, 0.717) is 25.0 Å². The molecule has 1 saturated heterocycles. The lowest BCUT2D eigenvalue weighted by molar-refractivity contribution is 0.00432. The van der Waals surface area contributed by atoms with Gasteiger partial charge in [-0.2, -0.15) is 0 Å². The zero-order valence-electron chi connectivity index (χ0n) is 12.2. The summed E-state index contributed by atoms with van der Waals surface area (Å²) in [6.45, 7) is 7.90. The standard InChI is InChI=1S/C14H26N2O3/c1-14(2,3)19-13(18)16-8-11(9-16)15-7-10-5-4-6-12(10)17/h10-12,15,17H,4-9H2,1-3H3. The molecule has 2 unspecified atom stereocenters. The summed E-state index contributed by atoms with van der Waals surface area (Å²) in [7, 11) is 0. The minimum absolute atomic E-state index is 0.144. The summed E-state index contributed by atoms with van der Waals surface area (Å²) in [4.78, 5) is 13.5. The van der Waals surface area contributed by atoms with Crippen molar-refractivity contribution in [2.75, 3.05) is 19.6 Å². The van der Waals surface area contributed by atoms with Crippen LogP contribution < -0.4 is 5.32 Å². The number of aliphatic hydroxyl groups excluding tert-OH is 1. The molecule has 2 N–H and O–H groups in total. The zero-order chi connectivity index (χ0) is 14.0. The summed E-state index contributed by atoms with van der Waals surface area (Å²) in [5, 5.41) is 13.2. The largest absolute Gasteiger partial charge is 0.444 e. The van der Waals surface area contributed by atoms with Gasteiger partial charge in [-0.05, 0) is 39.5 Å². The SMILES string of the molecule is CC(C)(C)OC(=O)N1CC(NCC2CCCC2O)C1. The van der Waals surface area contributed by atoms with Gasteiger partial charge in [-0.3, -0.25) is 0 Å². The number of aliphatic hydroxyl groups is 1. The summed E-state index contributed by atoms with van der Waals surface area (Å²) in [5.74, 6) is 0.385. The minimum Gasteiger partial charge on any atom is -0.444 e. The van der Waals surface area contributed by atoms with Crippen LogP contribution in [-0.2, 0) is 4.74 Å². The zero-order valence-corrected chi connectivity index (χ0v) is 12.2. The lowest BCUT2D eigenvalue weighted by Crippen LogP contribution is -2.61. The quantitative estimate of drug-likeness (QED) is 0.813. The first kappa shape index (κ1) is 14.6. The van der Waals surface area contributed by atoms with E-state index in [-0.39, 0.29) is 12.2 Å². The highest BCUT2D eigenvalue weighted by atomic mass is 16.6. The second-order valence-electron chi connectivity index (χ2n) is 6.75. The van der Waals surface area contributed by atoms with Gasteiger partial charge in [0.25, 0.3) is 0 Å². The van der Waals surface area contributed by atoms with E-state index in [4.69, 9.17) is 4.74 Å². The number of amides is 1. The van der Waals surface area contributed by atoms with Gasteiger partial charge in [-0.25, -0.2) is 4.79 Å². The number of nitrogens with zero attached hydrogens (tertiary/aromatic N) is 1. The van der Waals surface area contributed by atoms with Crippen LogP contribution in [0.5, 0.6) is 0 Å². The van der Waals surface area contributed by atoms with Gasteiger partial charge in [-0.1, -0.05) is 6.42 Å². The molecule has 0 aromatic carbocycles. The van der Waals surface area contributed by atoms with Crippen molar-refractivity contribution in [3.05, 3.63) is 0 Å². The highest BCUT2D eigenvalue weighted by Gasteiger charge is 2.34. The van der Waals surface area contributed by atoms with Crippen molar-refractivity contribution in [2.45, 2.75) is 57.8 Å². The smallest absolute Gasteiger partial charge is 0.410 e. The predicted octanol–water partition coefficient (Wildman–Crippen LogP) is 1.36. The fraction of sp³-hybridized carbons (Fsp3) is 0.929. The van der Waals surface area contributed by atoms with E-state index in [1.807, 2.05) is 20.8 Å². The van der Waals surface area contributed by atoms with Crippen LogP contribution in [-0.4, -0.2) is 53.5 Å². The van der Waals surface area contributed by atoms with Crippen molar-refractivity contribution in [3.63, 3.8) is 0 Å². The van der Waals surface area contributed by atoms with Crippen molar-refractivity contribution >= 4 is 6.09 Å². The van der Waals surface area contributed by atoms with Crippen molar-refractivity contribution in [3.8, 4) is 0 Å². The van der Waals surface area contributed by atoms with Gasteiger partial charge in [0.2, 0.25) is 0 Å². The number of nitrogens with one attached hydrogen (secondary N) is 1. The van der Waals surface area contributed by atoms with Crippen molar-refractivity contribution < 1.29 is 14.6 Å². The molecule has 1 aliphatic carbocycles. The van der Waals surface area contributed by atoms with E-state index in [2.05, 4.69) is 5.32 Å². The van der Waals surface area contributed by atoms with E-state index in [0.717, 1.165) is 25.8 Å². The second kappa shape index (κ2) is 5.67. The molecule has 1 heterocycles. The lowest BCUT2D eigenvalue weighted by Gasteiger charge is -2.40. The Balaban J connectivity index is 1.62. The van der Waals surface area contributed by atoms with Gasteiger partial charge in [0.1, 0.15) is 5.60 Å². The van der Waals surface area contributed by atoms with Gasteiger partial charge in [-0.15, -0.1) is 0 Å². The molecular formula is C14H26N2O3. The van der Waals surface area contributed by atoms with Crippen molar-refractivity contribution in [2.24, 2.45) is 5.92 Å². The molecule has 2 aliphatic rings. The monoisotopic (exact) mass is 270 g/mol. The summed E-state index contributed by atoms with van der Waals surface area (Å²) in [6, 6.07) is 0.348. The molecular weight excluding hydrogens is 244 g/mol. The average Bonchev–Trinajstić information content (AvgIpc) is 2.59. The number of carbonyl (C=O) groups excluding carboxylic acids is 1. The molecule has 0 radical (unpaired) electrons. The first-order chi connectivity index (χ1) is 8.85. The highest BCUT2D eigenvalue weighted by molar-refractivity contribution is 5.69. The molecule has 110 valence electrons. The van der Waals surface area contributed by atoms with Gasteiger partial charge >= 0.3 is 6.09 Å². The normalized spacial score (nSPS) is 28.3. The molecule has 1 aliphatic heterocycles. The lowest BCUT2D eigenvalue weighted by atomic mass is 10.0. The third-order valence-corrected chi connectivity index (χ3v) is 3.82. The van der Waals surface area contributed by atoms with Crippen LogP contribution in [0.1, 0.15) is 40.0 Å². The van der Waals surface area contributed by atoms with Crippen LogP contribution in [0.2, 0.25) is 0 Å². The molecule has 0 bridgehead atoms. The molecule has 0 spiro atoms. The molecule has 0 aromatic heterocycles. The Kier molecular flexibility index (Phi) is 4.36. The molecule has 1 amide bonds. The van der Waals surface area contributed by atoms with E-state index >= 15 is 0 Å². The Labute approximate surface area is 115 Å². The molecule has 2 atom stereocenters. The van der Waals surface area contributed by atoms with Crippen LogP contribution >= 0.6 is 0 Å². The summed E-state index contributed by atoms with van der Waals surface area (Å²) >= 11 is 0. The number of hydrogen-bond donors (Lipinski definition) is 2. The number of likely N-dealkylation sites (tertiary alicyclic amines) is 1. The Morgan fingerprint density at radius 1 is 1.37 bits per heavy atom. The Hall–Kier alpha value is -0.810.